The second-order valence-electron chi connectivity index (χ2n) is 4.02. The topological polar surface area (TPSA) is 55.2 Å². The van der Waals surface area contributed by atoms with E-state index in [1.165, 1.54) is 0 Å². The number of methoxy groups -OCH3 is 1. The van der Waals surface area contributed by atoms with Gasteiger partial charge in [-0.15, -0.1) is 0 Å². The number of benzene rings is 1. The minimum absolute atomic E-state index is 0.504. The Balaban J connectivity index is 2.36. The second kappa shape index (κ2) is 5.79. The lowest BCUT2D eigenvalue weighted by Gasteiger charge is -2.04. The predicted octanol–water partition coefficient (Wildman–Crippen LogP) is 2.78. The number of ether oxygens (including phenoxy) is 1. The smallest absolute Gasteiger partial charge is 0.216 e. The van der Waals surface area contributed by atoms with Gasteiger partial charge in [-0.25, -0.2) is 0 Å². The van der Waals surface area contributed by atoms with Crippen molar-refractivity contribution < 1.29 is 4.74 Å². The van der Waals surface area contributed by atoms with Gasteiger partial charge >= 0.3 is 0 Å². The van der Waals surface area contributed by atoms with Crippen LogP contribution in [0.15, 0.2) is 29.4 Å². The normalized spacial score (nSPS) is 11.6. The van der Waals surface area contributed by atoms with Crippen molar-refractivity contribution in [3.63, 3.8) is 0 Å². The van der Waals surface area contributed by atoms with Gasteiger partial charge in [0.15, 0.2) is 5.82 Å². The molecule has 1 heterocycles. The first-order valence-corrected chi connectivity index (χ1v) is 6.42. The molecule has 0 aliphatic carbocycles. The van der Waals surface area contributed by atoms with E-state index in [-0.39, 0.29) is 0 Å². The summed E-state index contributed by atoms with van der Waals surface area (Å²) < 4.78 is 7.30. The van der Waals surface area contributed by atoms with Crippen molar-refractivity contribution in [2.45, 2.75) is 20.3 Å². The third-order valence-corrected chi connectivity index (χ3v) is 3.06. The Morgan fingerprint density at radius 2 is 2.11 bits per heavy atom. The van der Waals surface area contributed by atoms with Crippen molar-refractivity contribution in [2.24, 2.45) is 5.10 Å². The molecule has 0 saturated heterocycles. The molecule has 0 saturated carbocycles. The molecule has 100 valence electrons. The number of hydrogen-bond acceptors (Lipinski definition) is 4. The molecule has 0 radical (unpaired) electrons. The average molecular weight is 276 g/mol. The number of nitrogens with one attached hydrogen (secondary N) is 1. The first-order valence-electron chi connectivity index (χ1n) is 6.02. The standard InChI is InChI=1S/C13H16N4OS/c1-4-12-14-15-13(19)17(12)16-9(2)10-5-7-11(18-3)8-6-10/h5-8H,4H2,1-3H3,(H,15,19)/b16-9-. The lowest BCUT2D eigenvalue weighted by atomic mass is 10.1. The van der Waals surface area contributed by atoms with Gasteiger partial charge in [-0.1, -0.05) is 6.92 Å². The van der Waals surface area contributed by atoms with Gasteiger partial charge in [0.2, 0.25) is 4.77 Å². The van der Waals surface area contributed by atoms with E-state index in [1.54, 1.807) is 11.8 Å². The number of H-pyrrole nitrogens is 1. The van der Waals surface area contributed by atoms with Crippen LogP contribution in [0.2, 0.25) is 0 Å². The van der Waals surface area contributed by atoms with Crippen molar-refractivity contribution in [3.8, 4) is 5.75 Å². The van der Waals surface area contributed by atoms with E-state index in [0.29, 0.717) is 4.77 Å². The summed E-state index contributed by atoms with van der Waals surface area (Å²) in [4.78, 5) is 0. The molecular formula is C13H16N4OS. The van der Waals surface area contributed by atoms with Crippen LogP contribution in [0.4, 0.5) is 0 Å². The van der Waals surface area contributed by atoms with Crippen molar-refractivity contribution in [1.29, 1.82) is 0 Å². The molecule has 2 rings (SSSR count). The van der Waals surface area contributed by atoms with E-state index in [4.69, 9.17) is 17.0 Å². The number of nitrogens with zero attached hydrogens (tertiary/aromatic N) is 3. The number of aryl methyl sites for hydroxylation is 1. The fourth-order valence-electron chi connectivity index (χ4n) is 1.70. The van der Waals surface area contributed by atoms with Crippen LogP contribution in [0.5, 0.6) is 5.75 Å². The molecule has 6 heteroatoms. The highest BCUT2D eigenvalue weighted by atomic mass is 32.1. The van der Waals surface area contributed by atoms with E-state index in [1.807, 2.05) is 38.1 Å². The molecule has 19 heavy (non-hydrogen) atoms. The minimum Gasteiger partial charge on any atom is -0.497 e. The lowest BCUT2D eigenvalue weighted by Crippen LogP contribution is -2.03. The fourth-order valence-corrected chi connectivity index (χ4v) is 1.89. The highest BCUT2D eigenvalue weighted by Gasteiger charge is 2.04. The summed E-state index contributed by atoms with van der Waals surface area (Å²) in [6, 6.07) is 7.74. The van der Waals surface area contributed by atoms with Crippen LogP contribution in [-0.2, 0) is 6.42 Å². The highest BCUT2D eigenvalue weighted by Crippen LogP contribution is 2.12. The maximum atomic E-state index is 5.16. The van der Waals surface area contributed by atoms with Crippen LogP contribution in [-0.4, -0.2) is 27.7 Å². The maximum absolute atomic E-state index is 5.16. The van der Waals surface area contributed by atoms with Gasteiger partial charge in [0.05, 0.1) is 12.8 Å². The van der Waals surface area contributed by atoms with Crippen LogP contribution in [0.1, 0.15) is 25.2 Å². The maximum Gasteiger partial charge on any atom is 0.216 e. The summed E-state index contributed by atoms with van der Waals surface area (Å²) in [5, 5.41) is 11.4. The lowest BCUT2D eigenvalue weighted by molar-refractivity contribution is 0.415. The summed E-state index contributed by atoms with van der Waals surface area (Å²) in [5.74, 6) is 1.64. The van der Waals surface area contributed by atoms with Crippen LogP contribution in [0, 0.1) is 4.77 Å². The van der Waals surface area contributed by atoms with Gasteiger partial charge in [0.1, 0.15) is 5.75 Å². The van der Waals surface area contributed by atoms with Gasteiger partial charge in [-0.05, 0) is 49.0 Å². The molecule has 0 fully saturated rings. The number of rotatable bonds is 4. The van der Waals surface area contributed by atoms with Gasteiger partial charge < -0.3 is 4.74 Å². The molecule has 1 aromatic carbocycles. The molecule has 0 amide bonds. The molecule has 1 aromatic heterocycles. The Bertz CT molecular complexity index is 639. The van der Waals surface area contributed by atoms with E-state index in [9.17, 15) is 0 Å². The number of aromatic nitrogens is 3. The zero-order valence-electron chi connectivity index (χ0n) is 11.2. The number of aromatic amines is 1. The fraction of sp³-hybridized carbons (Fsp3) is 0.308. The van der Waals surface area contributed by atoms with Gasteiger partial charge in [-0.2, -0.15) is 14.9 Å². The Hall–Kier alpha value is -1.95. The number of hydrogen-bond donors (Lipinski definition) is 1. The van der Waals surface area contributed by atoms with Crippen molar-refractivity contribution in [2.75, 3.05) is 7.11 Å². The van der Waals surface area contributed by atoms with Crippen LogP contribution in [0.3, 0.4) is 0 Å². The molecule has 0 spiro atoms. The van der Waals surface area contributed by atoms with E-state index >= 15 is 0 Å². The Labute approximate surface area is 116 Å². The zero-order chi connectivity index (χ0) is 13.8. The first kappa shape index (κ1) is 13.5. The van der Waals surface area contributed by atoms with Crippen molar-refractivity contribution in [3.05, 3.63) is 40.4 Å². The average Bonchev–Trinajstić information content (AvgIpc) is 2.79. The zero-order valence-corrected chi connectivity index (χ0v) is 12.0. The first-order chi connectivity index (χ1) is 9.15. The third-order valence-electron chi connectivity index (χ3n) is 2.79. The van der Waals surface area contributed by atoms with Gasteiger partial charge in [0, 0.05) is 6.42 Å². The van der Waals surface area contributed by atoms with Crippen LogP contribution < -0.4 is 4.74 Å². The molecule has 2 aromatic rings. The molecular weight excluding hydrogens is 260 g/mol. The van der Waals surface area contributed by atoms with E-state index in [0.717, 1.165) is 29.3 Å². The highest BCUT2D eigenvalue weighted by molar-refractivity contribution is 7.71. The SMILES string of the molecule is CCc1n[nH]c(=S)n1/N=C(/C)c1ccc(OC)cc1. The summed E-state index contributed by atoms with van der Waals surface area (Å²) in [6.45, 7) is 3.95. The third kappa shape index (κ3) is 2.90. The molecule has 5 nitrogen and oxygen atoms in total. The van der Waals surface area contributed by atoms with Gasteiger partial charge in [-0.3, -0.25) is 5.10 Å². The summed E-state index contributed by atoms with van der Waals surface area (Å²) in [6.07, 6.45) is 0.770. The monoisotopic (exact) mass is 276 g/mol. The largest absolute Gasteiger partial charge is 0.497 e. The van der Waals surface area contributed by atoms with Crippen molar-refractivity contribution >= 4 is 17.9 Å². The summed E-state index contributed by atoms with van der Waals surface area (Å²) >= 11 is 5.16. The van der Waals surface area contributed by atoms with E-state index in [2.05, 4.69) is 15.3 Å². The molecule has 1 N–H and O–H groups in total. The van der Waals surface area contributed by atoms with Crippen LogP contribution in [0.25, 0.3) is 0 Å². The summed E-state index contributed by atoms with van der Waals surface area (Å²) in [7, 11) is 1.65. The van der Waals surface area contributed by atoms with E-state index < -0.39 is 0 Å². The van der Waals surface area contributed by atoms with Gasteiger partial charge in [0.25, 0.3) is 0 Å². The minimum atomic E-state index is 0.504. The Morgan fingerprint density at radius 3 is 2.68 bits per heavy atom. The second-order valence-corrected chi connectivity index (χ2v) is 4.41. The Morgan fingerprint density at radius 1 is 1.42 bits per heavy atom. The van der Waals surface area contributed by atoms with Crippen LogP contribution >= 0.6 is 12.2 Å². The molecule has 0 unspecified atom stereocenters. The molecule has 0 atom stereocenters. The predicted molar refractivity (Wildman–Crippen MR) is 77.4 cm³/mol. The summed E-state index contributed by atoms with van der Waals surface area (Å²) in [5.41, 5.74) is 1.89. The molecule has 0 aliphatic heterocycles. The van der Waals surface area contributed by atoms with Crippen molar-refractivity contribution in [1.82, 2.24) is 14.9 Å². The molecule has 0 bridgehead atoms. The molecule has 0 aliphatic rings. The Kier molecular flexibility index (Phi) is 4.11. The quantitative estimate of drug-likeness (QED) is 0.690.